The third-order valence-corrected chi connectivity index (χ3v) is 13.5. The molecule has 0 radical (unpaired) electrons. The molecule has 0 bridgehead atoms. The molecule has 0 aromatic carbocycles. The van der Waals surface area contributed by atoms with E-state index in [-0.39, 0.29) is 31.1 Å². The van der Waals surface area contributed by atoms with Gasteiger partial charge in [0.1, 0.15) is 13.2 Å². The van der Waals surface area contributed by atoms with Crippen molar-refractivity contribution in [3.8, 4) is 0 Å². The summed E-state index contributed by atoms with van der Waals surface area (Å²) in [5, 5.41) is 0. The van der Waals surface area contributed by atoms with Crippen LogP contribution in [-0.4, -0.2) is 37.2 Å². The van der Waals surface area contributed by atoms with Gasteiger partial charge in [-0.3, -0.25) is 14.4 Å². The quantitative estimate of drug-likeness (QED) is 0.0262. The molecular weight excluding hydrogens is 817 g/mol. The number of hydrogen-bond donors (Lipinski definition) is 0. The van der Waals surface area contributed by atoms with E-state index < -0.39 is 6.10 Å². The van der Waals surface area contributed by atoms with Crippen LogP contribution in [0.2, 0.25) is 0 Å². The summed E-state index contributed by atoms with van der Waals surface area (Å²) >= 11 is 0. The van der Waals surface area contributed by atoms with Crippen molar-refractivity contribution < 1.29 is 28.6 Å². The molecule has 0 spiro atoms. The highest BCUT2D eigenvalue weighted by Gasteiger charge is 2.19. The van der Waals surface area contributed by atoms with Gasteiger partial charge in [0.2, 0.25) is 0 Å². The fourth-order valence-electron chi connectivity index (χ4n) is 9.03. The van der Waals surface area contributed by atoms with E-state index in [0.29, 0.717) is 19.3 Å². The van der Waals surface area contributed by atoms with Crippen molar-refractivity contribution in [2.75, 3.05) is 13.2 Å². The van der Waals surface area contributed by atoms with Crippen LogP contribution in [0.25, 0.3) is 0 Å². The van der Waals surface area contributed by atoms with Crippen molar-refractivity contribution >= 4 is 17.9 Å². The Morgan fingerprint density at radius 3 is 0.758 bits per heavy atom. The highest BCUT2D eigenvalue weighted by Crippen LogP contribution is 2.17. The number of carbonyl (C=O) groups is 3. The molecule has 0 saturated carbocycles. The Bertz CT molecular complexity index is 1020. The topological polar surface area (TPSA) is 78.9 Å². The van der Waals surface area contributed by atoms with Gasteiger partial charge >= 0.3 is 17.9 Å². The van der Waals surface area contributed by atoms with Gasteiger partial charge in [-0.05, 0) is 44.9 Å². The minimum Gasteiger partial charge on any atom is -0.462 e. The lowest BCUT2D eigenvalue weighted by Gasteiger charge is -2.18. The maximum atomic E-state index is 12.8. The molecule has 1 atom stereocenters. The summed E-state index contributed by atoms with van der Waals surface area (Å²) in [6.07, 6.45) is 64.0. The van der Waals surface area contributed by atoms with E-state index in [1.54, 1.807) is 0 Å². The Morgan fingerprint density at radius 1 is 0.288 bits per heavy atom. The minimum atomic E-state index is -0.762. The smallest absolute Gasteiger partial charge is 0.306 e. The molecule has 66 heavy (non-hydrogen) atoms. The summed E-state index contributed by atoms with van der Waals surface area (Å²) in [4.78, 5) is 37.8. The summed E-state index contributed by atoms with van der Waals surface area (Å²) in [6, 6.07) is 0. The molecule has 0 amide bonds. The van der Waals surface area contributed by atoms with Gasteiger partial charge in [0, 0.05) is 19.3 Å². The second-order valence-corrected chi connectivity index (χ2v) is 20.3. The number of carbonyl (C=O) groups excluding carboxylic acids is 3. The number of unbranched alkanes of at least 4 members (excludes halogenated alkanes) is 42. The van der Waals surface area contributed by atoms with Crippen LogP contribution in [0.15, 0.2) is 12.2 Å². The largest absolute Gasteiger partial charge is 0.462 e. The van der Waals surface area contributed by atoms with Crippen molar-refractivity contribution in [2.24, 2.45) is 0 Å². The van der Waals surface area contributed by atoms with E-state index in [1.165, 1.54) is 231 Å². The van der Waals surface area contributed by atoms with Crippen LogP contribution in [0.3, 0.4) is 0 Å². The van der Waals surface area contributed by atoms with Gasteiger partial charge in [0.15, 0.2) is 6.10 Å². The molecule has 0 aliphatic carbocycles. The third kappa shape index (κ3) is 53.1. The Kier molecular flexibility index (Phi) is 54.2. The first kappa shape index (κ1) is 64.2. The van der Waals surface area contributed by atoms with E-state index in [4.69, 9.17) is 14.2 Å². The number of ether oxygens (including phenoxy) is 3. The maximum absolute atomic E-state index is 12.8. The zero-order valence-electron chi connectivity index (χ0n) is 44.7. The van der Waals surface area contributed by atoms with Crippen molar-refractivity contribution in [2.45, 2.75) is 341 Å². The van der Waals surface area contributed by atoms with Gasteiger partial charge in [-0.25, -0.2) is 0 Å². The SMILES string of the molecule is CCCCCCCCCC/C=C\CCCCCCCCCCCCCC(=O)OCC(COC(=O)CCCCCCC)OC(=O)CCCCCCCCCCCCCCCCCCCCCC. The summed E-state index contributed by atoms with van der Waals surface area (Å²) in [5.74, 6) is -0.858. The lowest BCUT2D eigenvalue weighted by atomic mass is 10.0. The highest BCUT2D eigenvalue weighted by molar-refractivity contribution is 5.71. The summed E-state index contributed by atoms with van der Waals surface area (Å²) in [6.45, 7) is 6.61. The van der Waals surface area contributed by atoms with Crippen molar-refractivity contribution in [1.29, 1.82) is 0 Å². The molecule has 0 aromatic rings. The van der Waals surface area contributed by atoms with Crippen molar-refractivity contribution in [3.05, 3.63) is 12.2 Å². The predicted octanol–water partition coefficient (Wildman–Crippen LogP) is 19.7. The number of allylic oxidation sites excluding steroid dienone is 2. The van der Waals surface area contributed by atoms with Crippen LogP contribution in [0, 0.1) is 0 Å². The first-order valence-electron chi connectivity index (χ1n) is 29.7. The van der Waals surface area contributed by atoms with Crippen molar-refractivity contribution in [3.63, 3.8) is 0 Å². The van der Waals surface area contributed by atoms with E-state index in [1.807, 2.05) is 0 Å². The Labute approximate surface area is 411 Å². The van der Waals surface area contributed by atoms with E-state index in [9.17, 15) is 14.4 Å². The molecule has 6 nitrogen and oxygen atoms in total. The number of rotatable bonds is 55. The summed E-state index contributed by atoms with van der Waals surface area (Å²) in [5.41, 5.74) is 0. The fourth-order valence-corrected chi connectivity index (χ4v) is 9.03. The molecule has 1 unspecified atom stereocenters. The van der Waals surface area contributed by atoms with Gasteiger partial charge in [-0.15, -0.1) is 0 Å². The zero-order valence-corrected chi connectivity index (χ0v) is 44.7. The summed E-state index contributed by atoms with van der Waals surface area (Å²) < 4.78 is 16.8. The van der Waals surface area contributed by atoms with Gasteiger partial charge in [-0.2, -0.15) is 0 Å². The molecule has 390 valence electrons. The van der Waals surface area contributed by atoms with Crippen LogP contribution in [-0.2, 0) is 28.6 Å². The zero-order chi connectivity index (χ0) is 47.9. The molecule has 0 N–H and O–H groups in total. The Balaban J connectivity index is 4.02. The van der Waals surface area contributed by atoms with Crippen LogP contribution < -0.4 is 0 Å². The predicted molar refractivity (Wildman–Crippen MR) is 284 cm³/mol. The molecule has 0 fully saturated rings. The van der Waals surface area contributed by atoms with Crippen LogP contribution in [0.4, 0.5) is 0 Å². The lowest BCUT2D eigenvalue weighted by molar-refractivity contribution is -0.167. The molecule has 0 aliphatic rings. The second-order valence-electron chi connectivity index (χ2n) is 20.3. The van der Waals surface area contributed by atoms with E-state index in [0.717, 1.165) is 64.2 Å². The van der Waals surface area contributed by atoms with Crippen LogP contribution in [0.1, 0.15) is 335 Å². The average molecular weight is 932 g/mol. The second kappa shape index (κ2) is 55.7. The van der Waals surface area contributed by atoms with Gasteiger partial charge in [0.25, 0.3) is 0 Å². The molecule has 0 rings (SSSR count). The van der Waals surface area contributed by atoms with Crippen molar-refractivity contribution in [1.82, 2.24) is 0 Å². The van der Waals surface area contributed by atoms with Gasteiger partial charge < -0.3 is 14.2 Å². The minimum absolute atomic E-state index is 0.0658. The lowest BCUT2D eigenvalue weighted by Crippen LogP contribution is -2.30. The fraction of sp³-hybridized carbons (Fsp3) is 0.917. The highest BCUT2D eigenvalue weighted by atomic mass is 16.6. The molecule has 0 saturated heterocycles. The summed E-state index contributed by atoms with van der Waals surface area (Å²) in [7, 11) is 0. The first-order valence-corrected chi connectivity index (χ1v) is 29.7. The Hall–Kier alpha value is -1.85. The molecule has 0 aromatic heterocycles. The average Bonchev–Trinajstić information content (AvgIpc) is 3.31. The van der Waals surface area contributed by atoms with E-state index in [2.05, 4.69) is 32.9 Å². The maximum Gasteiger partial charge on any atom is 0.306 e. The van der Waals surface area contributed by atoms with Crippen LogP contribution >= 0.6 is 0 Å². The monoisotopic (exact) mass is 931 g/mol. The number of esters is 3. The molecule has 0 heterocycles. The number of hydrogen-bond acceptors (Lipinski definition) is 6. The molecule has 0 aliphatic heterocycles. The van der Waals surface area contributed by atoms with Gasteiger partial charge in [0.05, 0.1) is 0 Å². The Morgan fingerprint density at radius 2 is 0.500 bits per heavy atom. The molecular formula is C60H114O6. The third-order valence-electron chi connectivity index (χ3n) is 13.5. The normalized spacial score (nSPS) is 12.0. The van der Waals surface area contributed by atoms with Gasteiger partial charge in [-0.1, -0.05) is 283 Å². The van der Waals surface area contributed by atoms with E-state index >= 15 is 0 Å². The standard InChI is InChI=1S/C60H114O6/c1-4-7-10-13-15-17-19-21-23-25-27-29-30-31-33-34-36-38-40-42-44-47-50-53-59(62)65-56-57(55-64-58(61)52-49-46-12-9-6-3)66-60(63)54-51-48-45-43-41-39-37-35-32-28-26-24-22-20-18-16-14-11-8-5-2/h25,27,57H,4-24,26,28-56H2,1-3H3/b27-25-. The first-order chi connectivity index (χ1) is 32.5. The molecule has 6 heteroatoms. The van der Waals surface area contributed by atoms with Crippen LogP contribution in [0.5, 0.6) is 0 Å².